The quantitative estimate of drug-likeness (QED) is 0.869. The third-order valence-electron chi connectivity index (χ3n) is 4.18. The Balaban J connectivity index is 1.56. The highest BCUT2D eigenvalue weighted by molar-refractivity contribution is 5.95. The third kappa shape index (κ3) is 2.92. The Labute approximate surface area is 129 Å². The number of carbonyl (C=O) groups excluding carboxylic acids is 1. The van der Waals surface area contributed by atoms with E-state index in [1.807, 2.05) is 25.7 Å². The van der Waals surface area contributed by atoms with Crippen LogP contribution in [0.3, 0.4) is 0 Å². The van der Waals surface area contributed by atoms with Gasteiger partial charge in [0.25, 0.3) is 5.91 Å². The van der Waals surface area contributed by atoms with Crippen molar-refractivity contribution in [2.45, 2.75) is 27.3 Å². The molecule has 3 heterocycles. The average Bonchev–Trinajstić information content (AvgIpc) is 3.05. The topological polar surface area (TPSA) is 62.7 Å². The van der Waals surface area contributed by atoms with Crippen LogP contribution in [0.25, 0.3) is 0 Å². The van der Waals surface area contributed by atoms with Crippen molar-refractivity contribution in [3.63, 3.8) is 0 Å². The number of piperazine rings is 1. The van der Waals surface area contributed by atoms with E-state index in [0.717, 1.165) is 30.4 Å². The van der Waals surface area contributed by atoms with Crippen molar-refractivity contribution in [2.75, 3.05) is 26.2 Å². The van der Waals surface area contributed by atoms with Gasteiger partial charge in [-0.2, -0.15) is 0 Å². The van der Waals surface area contributed by atoms with E-state index in [2.05, 4.69) is 9.88 Å². The summed E-state index contributed by atoms with van der Waals surface area (Å²) in [6, 6.07) is 1.74. The molecule has 0 unspecified atom stereocenters. The summed E-state index contributed by atoms with van der Waals surface area (Å²) in [6.07, 6.45) is 1.56. The molecule has 2 aromatic heterocycles. The van der Waals surface area contributed by atoms with E-state index >= 15 is 0 Å². The SMILES string of the molecule is Cc1nc(CN2CCN(C(=O)c3ccoc3C)CC2)oc1C. The van der Waals surface area contributed by atoms with Crippen molar-refractivity contribution in [3.05, 3.63) is 41.0 Å². The second kappa shape index (κ2) is 5.96. The Morgan fingerprint density at radius 3 is 2.45 bits per heavy atom. The molecule has 0 aromatic carbocycles. The Hall–Kier alpha value is -2.08. The predicted molar refractivity (Wildman–Crippen MR) is 80.6 cm³/mol. The van der Waals surface area contributed by atoms with Gasteiger partial charge < -0.3 is 13.7 Å². The number of oxazole rings is 1. The zero-order valence-electron chi connectivity index (χ0n) is 13.3. The lowest BCUT2D eigenvalue weighted by Crippen LogP contribution is -2.48. The Kier molecular flexibility index (Phi) is 4.02. The van der Waals surface area contributed by atoms with Gasteiger partial charge in [-0.05, 0) is 26.8 Å². The lowest BCUT2D eigenvalue weighted by molar-refractivity contribution is 0.0616. The summed E-state index contributed by atoms with van der Waals surface area (Å²) in [4.78, 5) is 21.0. The van der Waals surface area contributed by atoms with Crippen LogP contribution in [0, 0.1) is 20.8 Å². The molecular weight excluding hydrogens is 282 g/mol. The summed E-state index contributed by atoms with van der Waals surface area (Å²) in [5.41, 5.74) is 1.60. The lowest BCUT2D eigenvalue weighted by atomic mass is 10.2. The molecule has 0 bridgehead atoms. The summed E-state index contributed by atoms with van der Waals surface area (Å²) in [5, 5.41) is 0. The van der Waals surface area contributed by atoms with Gasteiger partial charge in [0.1, 0.15) is 11.5 Å². The van der Waals surface area contributed by atoms with E-state index in [1.165, 1.54) is 0 Å². The van der Waals surface area contributed by atoms with Crippen LogP contribution in [0.1, 0.15) is 33.5 Å². The highest BCUT2D eigenvalue weighted by Crippen LogP contribution is 2.16. The Bertz CT molecular complexity index is 646. The van der Waals surface area contributed by atoms with Crippen LogP contribution in [0.5, 0.6) is 0 Å². The fraction of sp³-hybridized carbons (Fsp3) is 0.500. The zero-order valence-corrected chi connectivity index (χ0v) is 13.3. The standard InChI is InChI=1S/C16H21N3O3/c1-11-12(2)22-15(17-11)10-18-5-7-19(8-6-18)16(20)14-4-9-21-13(14)3/h4,9H,5-8,10H2,1-3H3. The first-order chi connectivity index (χ1) is 10.5. The number of rotatable bonds is 3. The molecule has 6 heteroatoms. The number of aryl methyl sites for hydroxylation is 3. The van der Waals surface area contributed by atoms with E-state index in [0.29, 0.717) is 31.0 Å². The van der Waals surface area contributed by atoms with Gasteiger partial charge in [0.2, 0.25) is 5.89 Å². The van der Waals surface area contributed by atoms with E-state index in [-0.39, 0.29) is 5.91 Å². The fourth-order valence-electron chi connectivity index (χ4n) is 2.68. The van der Waals surface area contributed by atoms with Gasteiger partial charge >= 0.3 is 0 Å². The highest BCUT2D eigenvalue weighted by atomic mass is 16.4. The molecule has 1 amide bonds. The van der Waals surface area contributed by atoms with Crippen LogP contribution in [0.2, 0.25) is 0 Å². The van der Waals surface area contributed by atoms with Crippen molar-refractivity contribution >= 4 is 5.91 Å². The van der Waals surface area contributed by atoms with Crippen LogP contribution < -0.4 is 0 Å². The summed E-state index contributed by atoms with van der Waals surface area (Å²) in [7, 11) is 0. The van der Waals surface area contributed by atoms with Crippen molar-refractivity contribution < 1.29 is 13.6 Å². The van der Waals surface area contributed by atoms with Gasteiger partial charge in [0, 0.05) is 26.2 Å². The number of aromatic nitrogens is 1. The molecule has 2 aromatic rings. The van der Waals surface area contributed by atoms with E-state index < -0.39 is 0 Å². The molecule has 0 spiro atoms. The molecule has 0 radical (unpaired) electrons. The fourth-order valence-corrected chi connectivity index (χ4v) is 2.68. The van der Waals surface area contributed by atoms with Gasteiger partial charge in [-0.25, -0.2) is 4.98 Å². The largest absolute Gasteiger partial charge is 0.469 e. The molecule has 0 aliphatic carbocycles. The number of carbonyl (C=O) groups is 1. The van der Waals surface area contributed by atoms with Gasteiger partial charge in [-0.1, -0.05) is 0 Å². The summed E-state index contributed by atoms with van der Waals surface area (Å²) < 4.78 is 10.8. The first kappa shape index (κ1) is 14.8. The number of furan rings is 1. The molecule has 1 saturated heterocycles. The first-order valence-electron chi connectivity index (χ1n) is 7.53. The van der Waals surface area contributed by atoms with Crippen molar-refractivity contribution in [3.8, 4) is 0 Å². The molecule has 1 aliphatic heterocycles. The summed E-state index contributed by atoms with van der Waals surface area (Å²) in [5.74, 6) is 2.35. The second-order valence-corrected chi connectivity index (χ2v) is 5.71. The minimum absolute atomic E-state index is 0.0497. The molecule has 1 aliphatic rings. The molecule has 1 fully saturated rings. The van der Waals surface area contributed by atoms with E-state index in [9.17, 15) is 4.79 Å². The normalized spacial score (nSPS) is 16.2. The maximum Gasteiger partial charge on any atom is 0.257 e. The third-order valence-corrected chi connectivity index (χ3v) is 4.18. The first-order valence-corrected chi connectivity index (χ1v) is 7.53. The Morgan fingerprint density at radius 1 is 1.18 bits per heavy atom. The monoisotopic (exact) mass is 303 g/mol. The lowest BCUT2D eigenvalue weighted by Gasteiger charge is -2.33. The van der Waals surface area contributed by atoms with Crippen LogP contribution >= 0.6 is 0 Å². The maximum absolute atomic E-state index is 12.4. The smallest absolute Gasteiger partial charge is 0.257 e. The van der Waals surface area contributed by atoms with Gasteiger partial charge in [0.05, 0.1) is 24.1 Å². The highest BCUT2D eigenvalue weighted by Gasteiger charge is 2.24. The molecule has 0 saturated carbocycles. The number of nitrogens with zero attached hydrogens (tertiary/aromatic N) is 3. The van der Waals surface area contributed by atoms with Crippen molar-refractivity contribution in [1.82, 2.24) is 14.8 Å². The van der Waals surface area contributed by atoms with Crippen LogP contribution in [0.15, 0.2) is 21.2 Å². The summed E-state index contributed by atoms with van der Waals surface area (Å²) >= 11 is 0. The second-order valence-electron chi connectivity index (χ2n) is 5.71. The number of amides is 1. The maximum atomic E-state index is 12.4. The van der Waals surface area contributed by atoms with Gasteiger partial charge in [-0.15, -0.1) is 0 Å². The molecule has 118 valence electrons. The molecule has 22 heavy (non-hydrogen) atoms. The molecule has 3 rings (SSSR count). The van der Waals surface area contributed by atoms with Gasteiger partial charge in [-0.3, -0.25) is 9.69 Å². The molecule has 0 N–H and O–H groups in total. The average molecular weight is 303 g/mol. The van der Waals surface area contributed by atoms with E-state index in [4.69, 9.17) is 8.83 Å². The summed E-state index contributed by atoms with van der Waals surface area (Å²) in [6.45, 7) is 9.45. The Morgan fingerprint density at radius 2 is 1.91 bits per heavy atom. The number of hydrogen-bond acceptors (Lipinski definition) is 5. The van der Waals surface area contributed by atoms with E-state index in [1.54, 1.807) is 12.3 Å². The van der Waals surface area contributed by atoms with Crippen LogP contribution in [0.4, 0.5) is 0 Å². The van der Waals surface area contributed by atoms with Crippen molar-refractivity contribution in [2.24, 2.45) is 0 Å². The number of hydrogen-bond donors (Lipinski definition) is 0. The predicted octanol–water partition coefficient (Wildman–Crippen LogP) is 2.15. The minimum Gasteiger partial charge on any atom is -0.469 e. The molecule has 6 nitrogen and oxygen atoms in total. The van der Waals surface area contributed by atoms with Gasteiger partial charge in [0.15, 0.2) is 0 Å². The minimum atomic E-state index is 0.0497. The molecule has 0 atom stereocenters. The zero-order chi connectivity index (χ0) is 15.7. The van der Waals surface area contributed by atoms with Crippen LogP contribution in [-0.4, -0.2) is 46.9 Å². The van der Waals surface area contributed by atoms with Crippen LogP contribution in [-0.2, 0) is 6.54 Å². The van der Waals surface area contributed by atoms with Crippen molar-refractivity contribution in [1.29, 1.82) is 0 Å². The molecular formula is C16H21N3O3.